The second-order valence-corrected chi connectivity index (χ2v) is 1.49. The minimum atomic E-state index is -0.0764. The fourth-order valence-electron chi connectivity index (χ4n) is 0.464. The van der Waals surface area contributed by atoms with Crippen LogP contribution < -0.4 is 0 Å². The molecule has 0 fully saturated rings. The van der Waals surface area contributed by atoms with E-state index in [9.17, 15) is 0 Å². The number of rotatable bonds is 0. The first kappa shape index (κ1) is 8.76. The van der Waals surface area contributed by atoms with E-state index in [1.165, 1.54) is 12.1 Å². The first-order valence-electron chi connectivity index (χ1n) is 2.27. The van der Waals surface area contributed by atoms with E-state index >= 15 is 0 Å². The van der Waals surface area contributed by atoms with Crippen LogP contribution in [0.2, 0.25) is 0 Å². The molecule has 0 amide bonds. The second-order valence-electron chi connectivity index (χ2n) is 1.49. The van der Waals surface area contributed by atoms with Crippen LogP contribution in [-0.2, 0) is 27.7 Å². The SMILES string of the molecule is Oc1ccccc1O.[Hg+2]. The summed E-state index contributed by atoms with van der Waals surface area (Å²) >= 11 is 0. The number of para-hydroxylation sites is 2. The predicted octanol–water partition coefficient (Wildman–Crippen LogP) is 1.10. The van der Waals surface area contributed by atoms with Gasteiger partial charge in [-0.3, -0.25) is 0 Å². The van der Waals surface area contributed by atoms with Gasteiger partial charge in [0.2, 0.25) is 0 Å². The third-order valence-electron chi connectivity index (χ3n) is 0.882. The monoisotopic (exact) mass is 312 g/mol. The standard InChI is InChI=1S/C6H6O2.Hg/c7-5-3-1-2-4-6(5)8;/h1-4,7-8H;/q;+2. The van der Waals surface area contributed by atoms with Crippen LogP contribution in [0.3, 0.4) is 0 Å². The van der Waals surface area contributed by atoms with E-state index in [-0.39, 0.29) is 39.2 Å². The zero-order chi connectivity index (χ0) is 5.98. The molecule has 3 heteroatoms. The number of phenols is 2. The molecule has 0 aliphatic heterocycles. The number of benzene rings is 1. The smallest absolute Gasteiger partial charge is 0.504 e. The maximum atomic E-state index is 8.67. The Hall–Kier alpha value is -0.245. The molecule has 0 aliphatic rings. The van der Waals surface area contributed by atoms with E-state index in [2.05, 4.69) is 0 Å². The van der Waals surface area contributed by atoms with Crippen molar-refractivity contribution in [2.24, 2.45) is 0 Å². The molecule has 0 saturated carbocycles. The van der Waals surface area contributed by atoms with Crippen molar-refractivity contribution in [2.45, 2.75) is 0 Å². The molecule has 1 aromatic rings. The molecule has 1 rings (SSSR count). The molecule has 0 aromatic heterocycles. The van der Waals surface area contributed by atoms with Crippen LogP contribution in [0.25, 0.3) is 0 Å². The molecule has 1 aromatic carbocycles. The van der Waals surface area contributed by atoms with Gasteiger partial charge in [-0.25, -0.2) is 0 Å². The maximum Gasteiger partial charge on any atom is 2.00 e. The zero-order valence-electron chi connectivity index (χ0n) is 4.91. The van der Waals surface area contributed by atoms with Crippen LogP contribution in [0, 0.1) is 0 Å². The van der Waals surface area contributed by atoms with Gasteiger partial charge in [0, 0.05) is 0 Å². The predicted molar refractivity (Wildman–Crippen MR) is 29.8 cm³/mol. The number of hydrogen-bond acceptors (Lipinski definition) is 2. The van der Waals surface area contributed by atoms with Gasteiger partial charge < -0.3 is 10.2 Å². The van der Waals surface area contributed by atoms with Crippen LogP contribution in [0.15, 0.2) is 24.3 Å². The molecule has 9 heavy (non-hydrogen) atoms. The van der Waals surface area contributed by atoms with Crippen LogP contribution in [0.5, 0.6) is 11.5 Å². The molecule has 0 aliphatic carbocycles. The van der Waals surface area contributed by atoms with Crippen molar-refractivity contribution >= 4 is 0 Å². The van der Waals surface area contributed by atoms with E-state index in [0.717, 1.165) is 0 Å². The summed E-state index contributed by atoms with van der Waals surface area (Å²) in [6.45, 7) is 0. The number of aromatic hydroxyl groups is 2. The van der Waals surface area contributed by atoms with Gasteiger partial charge in [0.25, 0.3) is 0 Å². The van der Waals surface area contributed by atoms with Crippen molar-refractivity contribution in [3.05, 3.63) is 24.3 Å². The molecule has 0 spiro atoms. The van der Waals surface area contributed by atoms with E-state index in [1.54, 1.807) is 12.1 Å². The quantitative estimate of drug-likeness (QED) is 0.556. The first-order chi connectivity index (χ1) is 3.80. The Morgan fingerprint density at radius 2 is 1.22 bits per heavy atom. The third kappa shape index (κ3) is 2.22. The van der Waals surface area contributed by atoms with E-state index in [0.29, 0.717) is 0 Å². The van der Waals surface area contributed by atoms with Crippen LogP contribution in [0.1, 0.15) is 0 Å². The van der Waals surface area contributed by atoms with Crippen molar-refractivity contribution in [1.29, 1.82) is 0 Å². The van der Waals surface area contributed by atoms with Gasteiger partial charge in [-0.15, -0.1) is 0 Å². The molecule has 0 heterocycles. The Kier molecular flexibility index (Phi) is 3.62. The topological polar surface area (TPSA) is 40.5 Å². The zero-order valence-corrected chi connectivity index (χ0v) is 10.4. The Morgan fingerprint density at radius 3 is 1.44 bits per heavy atom. The molecule has 0 unspecified atom stereocenters. The van der Waals surface area contributed by atoms with Crippen LogP contribution >= 0.6 is 0 Å². The Morgan fingerprint density at radius 1 is 0.889 bits per heavy atom. The van der Waals surface area contributed by atoms with Gasteiger partial charge in [0.15, 0.2) is 11.5 Å². The molecule has 0 atom stereocenters. The largest absolute Gasteiger partial charge is 2.00 e. The Balaban J connectivity index is 0.000000640. The maximum absolute atomic E-state index is 8.67. The molecular formula is C6H6HgO2+2. The molecule has 0 bridgehead atoms. The molecule has 0 saturated heterocycles. The summed E-state index contributed by atoms with van der Waals surface area (Å²) in [5.74, 6) is -0.153. The van der Waals surface area contributed by atoms with Gasteiger partial charge in [-0.2, -0.15) is 0 Å². The Bertz CT molecular complexity index is 167. The fourth-order valence-corrected chi connectivity index (χ4v) is 0.464. The average molecular weight is 311 g/mol. The summed E-state index contributed by atoms with van der Waals surface area (Å²) in [5, 5.41) is 17.3. The number of phenolic OH excluding ortho intramolecular Hbond substituents is 2. The van der Waals surface area contributed by atoms with Gasteiger partial charge in [0.1, 0.15) is 0 Å². The minimum Gasteiger partial charge on any atom is -0.504 e. The summed E-state index contributed by atoms with van der Waals surface area (Å²) in [6, 6.07) is 6.15. The van der Waals surface area contributed by atoms with Crippen LogP contribution in [0.4, 0.5) is 0 Å². The molecule has 42 valence electrons. The third-order valence-corrected chi connectivity index (χ3v) is 0.882. The van der Waals surface area contributed by atoms with Crippen molar-refractivity contribution in [2.75, 3.05) is 0 Å². The summed E-state index contributed by atoms with van der Waals surface area (Å²) < 4.78 is 0. The van der Waals surface area contributed by atoms with Crippen LogP contribution in [-0.4, -0.2) is 10.2 Å². The van der Waals surface area contributed by atoms with E-state index in [4.69, 9.17) is 10.2 Å². The normalized spacial score (nSPS) is 8.00. The van der Waals surface area contributed by atoms with Gasteiger partial charge in [-0.05, 0) is 12.1 Å². The first-order valence-corrected chi connectivity index (χ1v) is 2.27. The summed E-state index contributed by atoms with van der Waals surface area (Å²) in [6.07, 6.45) is 0. The van der Waals surface area contributed by atoms with Crippen molar-refractivity contribution in [1.82, 2.24) is 0 Å². The molecule has 0 radical (unpaired) electrons. The van der Waals surface area contributed by atoms with Crippen molar-refractivity contribution < 1.29 is 37.9 Å². The van der Waals surface area contributed by atoms with Gasteiger partial charge >= 0.3 is 27.7 Å². The fraction of sp³-hybridized carbons (Fsp3) is 0. The van der Waals surface area contributed by atoms with Gasteiger partial charge in [-0.1, -0.05) is 12.1 Å². The Labute approximate surface area is 73.7 Å². The average Bonchev–Trinajstić information content (AvgIpc) is 1.77. The summed E-state index contributed by atoms with van der Waals surface area (Å²) in [7, 11) is 0. The second kappa shape index (κ2) is 3.72. The van der Waals surface area contributed by atoms with Crippen molar-refractivity contribution in [3.63, 3.8) is 0 Å². The minimum absolute atomic E-state index is 0. The molecule has 2 nitrogen and oxygen atoms in total. The van der Waals surface area contributed by atoms with Crippen molar-refractivity contribution in [3.8, 4) is 11.5 Å². The molecular weight excluding hydrogens is 305 g/mol. The molecule has 2 N–H and O–H groups in total. The van der Waals surface area contributed by atoms with Gasteiger partial charge in [0.05, 0.1) is 0 Å². The summed E-state index contributed by atoms with van der Waals surface area (Å²) in [5.41, 5.74) is 0. The van der Waals surface area contributed by atoms with E-state index < -0.39 is 0 Å². The summed E-state index contributed by atoms with van der Waals surface area (Å²) in [4.78, 5) is 0. The van der Waals surface area contributed by atoms with E-state index in [1.807, 2.05) is 0 Å². The number of hydrogen-bond donors (Lipinski definition) is 2.